The van der Waals surface area contributed by atoms with Crippen LogP contribution < -0.4 is 5.32 Å². The first-order chi connectivity index (χ1) is 12.2. The van der Waals surface area contributed by atoms with Crippen LogP contribution in [0.4, 0.5) is 24.8 Å². The SMILES string of the molecule is Cc1cc(Nc2cc(C(F)(F)F)ccn2)nc(-n2cnc(C(=O)O)c2)c1. The van der Waals surface area contributed by atoms with Crippen LogP contribution >= 0.6 is 0 Å². The van der Waals surface area contributed by atoms with E-state index in [1.807, 2.05) is 0 Å². The number of carbonyl (C=O) groups is 1. The van der Waals surface area contributed by atoms with Crippen LogP contribution in [0.1, 0.15) is 21.6 Å². The smallest absolute Gasteiger partial charge is 0.416 e. The number of carboxylic acid groups (broad SMARTS) is 1. The Morgan fingerprint density at radius 3 is 2.62 bits per heavy atom. The third kappa shape index (κ3) is 3.79. The molecule has 0 fully saturated rings. The van der Waals surface area contributed by atoms with Crippen molar-refractivity contribution in [3.63, 3.8) is 0 Å². The predicted octanol–water partition coefficient (Wildman–Crippen LogP) is 3.43. The van der Waals surface area contributed by atoms with Gasteiger partial charge in [0.15, 0.2) is 5.69 Å². The summed E-state index contributed by atoms with van der Waals surface area (Å²) in [7, 11) is 0. The maximum Gasteiger partial charge on any atom is 0.416 e. The standard InChI is InChI=1S/C16H12F3N5O2/c1-9-4-13(22-12-6-10(2-3-20-12)16(17,18)19)23-14(5-9)24-7-11(15(25)26)21-8-24/h2-8H,1H3,(H,25,26)(H,20,22,23). The molecule has 2 N–H and O–H groups in total. The highest BCUT2D eigenvalue weighted by atomic mass is 19.4. The fraction of sp³-hybridized carbons (Fsp3) is 0.125. The number of nitrogens with one attached hydrogen (secondary N) is 1. The molecule has 0 aliphatic heterocycles. The van der Waals surface area contributed by atoms with Crippen molar-refractivity contribution in [1.29, 1.82) is 0 Å². The summed E-state index contributed by atoms with van der Waals surface area (Å²) in [4.78, 5) is 22.8. The fourth-order valence-electron chi connectivity index (χ4n) is 2.21. The van der Waals surface area contributed by atoms with E-state index >= 15 is 0 Å². The van der Waals surface area contributed by atoms with Crippen molar-refractivity contribution < 1.29 is 23.1 Å². The van der Waals surface area contributed by atoms with E-state index in [9.17, 15) is 18.0 Å². The Bertz CT molecular complexity index is 969. The van der Waals surface area contributed by atoms with Crippen molar-refractivity contribution in [3.05, 3.63) is 59.8 Å². The number of anilines is 2. The zero-order valence-electron chi connectivity index (χ0n) is 13.3. The molecule has 0 aromatic carbocycles. The molecule has 0 saturated heterocycles. The topological polar surface area (TPSA) is 92.9 Å². The van der Waals surface area contributed by atoms with Gasteiger partial charge in [0.1, 0.15) is 23.8 Å². The lowest BCUT2D eigenvalue weighted by atomic mass is 10.2. The molecule has 0 bridgehead atoms. The van der Waals surface area contributed by atoms with Gasteiger partial charge < -0.3 is 10.4 Å². The number of aryl methyl sites for hydroxylation is 1. The molecular weight excluding hydrogens is 351 g/mol. The summed E-state index contributed by atoms with van der Waals surface area (Å²) in [5.74, 6) is -0.569. The van der Waals surface area contributed by atoms with E-state index in [4.69, 9.17) is 5.11 Å². The lowest BCUT2D eigenvalue weighted by Gasteiger charge is -2.11. The Labute approximate surface area is 145 Å². The quantitative estimate of drug-likeness (QED) is 0.738. The number of imidazole rings is 1. The largest absolute Gasteiger partial charge is 0.476 e. The van der Waals surface area contributed by atoms with Crippen LogP contribution in [-0.2, 0) is 6.18 Å². The van der Waals surface area contributed by atoms with Gasteiger partial charge in [-0.3, -0.25) is 4.57 Å². The fourth-order valence-corrected chi connectivity index (χ4v) is 2.21. The third-order valence-corrected chi connectivity index (χ3v) is 3.37. The van der Waals surface area contributed by atoms with Gasteiger partial charge in [-0.15, -0.1) is 0 Å². The van der Waals surface area contributed by atoms with Gasteiger partial charge in [0, 0.05) is 12.4 Å². The lowest BCUT2D eigenvalue weighted by Crippen LogP contribution is -2.07. The first-order valence-corrected chi connectivity index (χ1v) is 7.29. The maximum absolute atomic E-state index is 12.8. The third-order valence-electron chi connectivity index (χ3n) is 3.37. The summed E-state index contributed by atoms with van der Waals surface area (Å²) >= 11 is 0. The van der Waals surface area contributed by atoms with Gasteiger partial charge in [0.2, 0.25) is 0 Å². The normalized spacial score (nSPS) is 11.4. The van der Waals surface area contributed by atoms with E-state index in [0.717, 1.165) is 23.9 Å². The average molecular weight is 363 g/mol. The molecule has 0 saturated carbocycles. The molecule has 0 spiro atoms. The summed E-state index contributed by atoms with van der Waals surface area (Å²) in [5, 5.41) is 11.7. The number of hydrogen-bond donors (Lipinski definition) is 2. The zero-order chi connectivity index (χ0) is 18.9. The molecule has 0 atom stereocenters. The van der Waals surface area contributed by atoms with Crippen molar-refractivity contribution >= 4 is 17.6 Å². The molecule has 0 aliphatic rings. The highest BCUT2D eigenvalue weighted by Crippen LogP contribution is 2.30. The van der Waals surface area contributed by atoms with E-state index in [2.05, 4.69) is 20.3 Å². The monoisotopic (exact) mass is 363 g/mol. The zero-order valence-corrected chi connectivity index (χ0v) is 13.3. The van der Waals surface area contributed by atoms with Gasteiger partial charge in [0.05, 0.1) is 5.56 Å². The molecule has 0 unspecified atom stereocenters. The number of nitrogens with zero attached hydrogens (tertiary/aromatic N) is 4. The molecule has 10 heteroatoms. The Morgan fingerprint density at radius 2 is 1.96 bits per heavy atom. The van der Waals surface area contributed by atoms with Gasteiger partial charge in [0.25, 0.3) is 0 Å². The van der Waals surface area contributed by atoms with Gasteiger partial charge >= 0.3 is 12.1 Å². The molecule has 134 valence electrons. The molecule has 7 nitrogen and oxygen atoms in total. The Kier molecular flexibility index (Phi) is 4.33. The van der Waals surface area contributed by atoms with Crippen molar-refractivity contribution in [3.8, 4) is 5.82 Å². The number of halogens is 3. The highest BCUT2D eigenvalue weighted by Gasteiger charge is 2.30. The van der Waals surface area contributed by atoms with Crippen molar-refractivity contribution in [1.82, 2.24) is 19.5 Å². The van der Waals surface area contributed by atoms with Gasteiger partial charge in [-0.05, 0) is 36.8 Å². The van der Waals surface area contributed by atoms with Crippen LogP contribution in [0, 0.1) is 6.92 Å². The predicted molar refractivity (Wildman–Crippen MR) is 85.6 cm³/mol. The van der Waals surface area contributed by atoms with Crippen LogP contribution in [0.15, 0.2) is 43.0 Å². The van der Waals surface area contributed by atoms with E-state index < -0.39 is 17.7 Å². The van der Waals surface area contributed by atoms with Crippen molar-refractivity contribution in [2.24, 2.45) is 0 Å². The molecule has 0 aliphatic carbocycles. The Hall–Kier alpha value is -3.43. The molecule has 3 aromatic rings. The molecule has 3 rings (SSSR count). The van der Waals surface area contributed by atoms with Gasteiger partial charge in [-0.1, -0.05) is 0 Å². The van der Waals surface area contributed by atoms with Crippen LogP contribution in [-0.4, -0.2) is 30.6 Å². The molecular formula is C16H12F3N5O2. The molecule has 0 amide bonds. The van der Waals surface area contributed by atoms with Crippen LogP contribution in [0.2, 0.25) is 0 Å². The van der Waals surface area contributed by atoms with Crippen LogP contribution in [0.5, 0.6) is 0 Å². The van der Waals surface area contributed by atoms with Crippen molar-refractivity contribution in [2.75, 3.05) is 5.32 Å². The number of rotatable bonds is 4. The van der Waals surface area contributed by atoms with Crippen molar-refractivity contribution in [2.45, 2.75) is 13.1 Å². The number of aromatic carboxylic acids is 1. The summed E-state index contributed by atoms with van der Waals surface area (Å²) in [5.41, 5.74) is -0.221. The first-order valence-electron chi connectivity index (χ1n) is 7.29. The van der Waals surface area contributed by atoms with Crippen LogP contribution in [0.25, 0.3) is 5.82 Å². The molecule has 3 aromatic heterocycles. The lowest BCUT2D eigenvalue weighted by molar-refractivity contribution is -0.137. The number of aromatic nitrogens is 4. The summed E-state index contributed by atoms with van der Waals surface area (Å²) < 4.78 is 39.8. The second-order valence-electron chi connectivity index (χ2n) is 5.41. The highest BCUT2D eigenvalue weighted by molar-refractivity contribution is 5.85. The first kappa shape index (κ1) is 17.4. The van der Waals surface area contributed by atoms with E-state index in [1.54, 1.807) is 19.1 Å². The minimum atomic E-state index is -4.48. The molecule has 26 heavy (non-hydrogen) atoms. The number of alkyl halides is 3. The second-order valence-corrected chi connectivity index (χ2v) is 5.41. The van der Waals surface area contributed by atoms with E-state index in [-0.39, 0.29) is 17.3 Å². The molecule has 3 heterocycles. The number of pyridine rings is 2. The molecule has 0 radical (unpaired) electrons. The maximum atomic E-state index is 12.8. The van der Waals surface area contributed by atoms with Gasteiger partial charge in [-0.25, -0.2) is 19.7 Å². The summed E-state index contributed by atoms with van der Waals surface area (Å²) in [6.45, 7) is 1.77. The van der Waals surface area contributed by atoms with E-state index in [0.29, 0.717) is 5.82 Å². The summed E-state index contributed by atoms with van der Waals surface area (Å²) in [6.07, 6.45) is -0.848. The Morgan fingerprint density at radius 1 is 1.19 bits per heavy atom. The number of hydrogen-bond acceptors (Lipinski definition) is 5. The van der Waals surface area contributed by atoms with Crippen LogP contribution in [0.3, 0.4) is 0 Å². The minimum absolute atomic E-state index is 0.0132. The van der Waals surface area contributed by atoms with Gasteiger partial charge in [-0.2, -0.15) is 13.2 Å². The number of carboxylic acids is 1. The summed E-state index contributed by atoms with van der Waals surface area (Å²) in [6, 6.07) is 5.06. The second kappa shape index (κ2) is 6.47. The Balaban J connectivity index is 1.92. The minimum Gasteiger partial charge on any atom is -0.476 e. The van der Waals surface area contributed by atoms with E-state index in [1.165, 1.54) is 17.1 Å². The average Bonchev–Trinajstić information content (AvgIpc) is 3.04.